The van der Waals surface area contributed by atoms with E-state index >= 15 is 0 Å². The van der Waals surface area contributed by atoms with E-state index in [1.54, 1.807) is 30.3 Å². The largest absolute Gasteiger partial charge is 0.465 e. The van der Waals surface area contributed by atoms with Gasteiger partial charge < -0.3 is 4.74 Å². The molecule has 5 aromatic rings. The molecule has 0 unspecified atom stereocenters. The van der Waals surface area contributed by atoms with Crippen molar-refractivity contribution < 1.29 is 19.1 Å². The van der Waals surface area contributed by atoms with Crippen molar-refractivity contribution in [1.82, 2.24) is 4.98 Å². The van der Waals surface area contributed by atoms with Gasteiger partial charge in [-0.15, -0.1) is 0 Å². The number of rotatable bonds is 6. The fraction of sp³-hybridized carbons (Fsp3) is 0.0303. The molecule has 1 aromatic heterocycles. The standard InChI is InChI=1S/C33H24N2O4/c1-39-33(38)29-21-12-22-34-30(29)35(31(36)27-19-10-8-17-25(27)23-13-4-2-5-14-23)32(37)28-20-11-9-18-26(28)24-15-6-3-7-16-24/h2-22H,1H3. The van der Waals surface area contributed by atoms with E-state index in [1.807, 2.05) is 84.9 Å². The van der Waals surface area contributed by atoms with E-state index in [-0.39, 0.29) is 22.5 Å². The van der Waals surface area contributed by atoms with Crippen LogP contribution in [0.5, 0.6) is 0 Å². The second-order valence-corrected chi connectivity index (χ2v) is 8.64. The van der Waals surface area contributed by atoms with E-state index < -0.39 is 17.8 Å². The fourth-order valence-corrected chi connectivity index (χ4v) is 4.45. The molecule has 6 nitrogen and oxygen atoms in total. The van der Waals surface area contributed by atoms with Gasteiger partial charge in [-0.1, -0.05) is 97.1 Å². The second-order valence-electron chi connectivity index (χ2n) is 8.64. The molecule has 5 rings (SSSR count). The van der Waals surface area contributed by atoms with Crippen LogP contribution in [-0.2, 0) is 4.74 Å². The number of hydrogen-bond donors (Lipinski definition) is 0. The summed E-state index contributed by atoms with van der Waals surface area (Å²) in [7, 11) is 1.24. The number of carbonyl (C=O) groups is 3. The van der Waals surface area contributed by atoms with Crippen molar-refractivity contribution in [1.29, 1.82) is 0 Å². The maximum Gasteiger partial charge on any atom is 0.341 e. The summed E-state index contributed by atoms with van der Waals surface area (Å²) in [5.74, 6) is -2.06. The van der Waals surface area contributed by atoms with Gasteiger partial charge in [0.1, 0.15) is 5.56 Å². The van der Waals surface area contributed by atoms with Gasteiger partial charge >= 0.3 is 5.97 Å². The van der Waals surface area contributed by atoms with Crippen LogP contribution in [0.4, 0.5) is 5.82 Å². The normalized spacial score (nSPS) is 10.5. The Bertz CT molecular complexity index is 1550. The minimum Gasteiger partial charge on any atom is -0.465 e. The highest BCUT2D eigenvalue weighted by Crippen LogP contribution is 2.31. The maximum absolute atomic E-state index is 14.4. The molecule has 6 heteroatoms. The van der Waals surface area contributed by atoms with Crippen LogP contribution < -0.4 is 4.90 Å². The lowest BCUT2D eigenvalue weighted by Crippen LogP contribution is -2.39. The van der Waals surface area contributed by atoms with Gasteiger partial charge in [-0.05, 0) is 46.5 Å². The zero-order chi connectivity index (χ0) is 27.2. The number of pyridine rings is 1. The van der Waals surface area contributed by atoms with Crippen molar-refractivity contribution in [2.45, 2.75) is 0 Å². The first-order valence-electron chi connectivity index (χ1n) is 12.3. The number of benzene rings is 4. The summed E-state index contributed by atoms with van der Waals surface area (Å²) in [5.41, 5.74) is 3.49. The highest BCUT2D eigenvalue weighted by atomic mass is 16.5. The number of carbonyl (C=O) groups excluding carboxylic acids is 3. The summed E-state index contributed by atoms with van der Waals surface area (Å²) >= 11 is 0. The highest BCUT2D eigenvalue weighted by Gasteiger charge is 2.33. The number of esters is 1. The van der Waals surface area contributed by atoms with Crippen LogP contribution in [0, 0.1) is 0 Å². The lowest BCUT2D eigenvalue weighted by atomic mass is 9.96. The molecule has 2 amide bonds. The van der Waals surface area contributed by atoms with E-state index in [4.69, 9.17) is 4.74 Å². The number of hydrogen-bond acceptors (Lipinski definition) is 5. The number of aromatic nitrogens is 1. The molecule has 0 atom stereocenters. The number of ether oxygens (including phenoxy) is 1. The van der Waals surface area contributed by atoms with Crippen molar-refractivity contribution in [2.75, 3.05) is 12.0 Å². The molecule has 0 fully saturated rings. The van der Waals surface area contributed by atoms with E-state index in [2.05, 4.69) is 4.98 Å². The lowest BCUT2D eigenvalue weighted by molar-refractivity contribution is 0.0601. The molecule has 39 heavy (non-hydrogen) atoms. The lowest BCUT2D eigenvalue weighted by Gasteiger charge is -2.24. The van der Waals surface area contributed by atoms with Crippen LogP contribution in [-0.4, -0.2) is 29.9 Å². The molecule has 0 N–H and O–H groups in total. The smallest absolute Gasteiger partial charge is 0.341 e. The Balaban J connectivity index is 1.72. The Kier molecular flexibility index (Phi) is 7.37. The Hall–Kier alpha value is -5.36. The van der Waals surface area contributed by atoms with Crippen LogP contribution in [0.25, 0.3) is 22.3 Å². The number of nitrogens with zero attached hydrogens (tertiary/aromatic N) is 2. The van der Waals surface area contributed by atoms with Crippen LogP contribution in [0.2, 0.25) is 0 Å². The highest BCUT2D eigenvalue weighted by molar-refractivity contribution is 6.29. The van der Waals surface area contributed by atoms with Gasteiger partial charge in [-0.2, -0.15) is 0 Å². The average Bonchev–Trinajstić information content (AvgIpc) is 3.01. The summed E-state index contributed by atoms with van der Waals surface area (Å²) in [6.45, 7) is 0. The molecule has 0 bridgehead atoms. The van der Waals surface area contributed by atoms with Gasteiger partial charge in [0.2, 0.25) is 0 Å². The van der Waals surface area contributed by atoms with Gasteiger partial charge in [0, 0.05) is 17.3 Å². The maximum atomic E-state index is 14.4. The van der Waals surface area contributed by atoms with E-state index in [9.17, 15) is 14.4 Å². The number of anilines is 1. The molecule has 0 aliphatic rings. The molecular formula is C33H24N2O4. The zero-order valence-electron chi connectivity index (χ0n) is 21.2. The number of methoxy groups -OCH3 is 1. The molecule has 0 spiro atoms. The Morgan fingerprint density at radius 1 is 0.564 bits per heavy atom. The van der Waals surface area contributed by atoms with Crippen molar-refractivity contribution >= 4 is 23.6 Å². The molecule has 4 aromatic carbocycles. The SMILES string of the molecule is COC(=O)c1cccnc1N(C(=O)c1ccccc1-c1ccccc1)C(=O)c1ccccc1-c1ccccc1. The Morgan fingerprint density at radius 3 is 1.49 bits per heavy atom. The predicted molar refractivity (Wildman–Crippen MR) is 150 cm³/mol. The van der Waals surface area contributed by atoms with Crippen LogP contribution >= 0.6 is 0 Å². The summed E-state index contributed by atoms with van der Waals surface area (Å²) in [4.78, 5) is 46.8. The van der Waals surface area contributed by atoms with Crippen molar-refractivity contribution in [3.05, 3.63) is 144 Å². The quantitative estimate of drug-likeness (QED) is 0.187. The first-order chi connectivity index (χ1) is 19.1. The third-order valence-corrected chi connectivity index (χ3v) is 6.29. The van der Waals surface area contributed by atoms with E-state index in [1.165, 1.54) is 19.4 Å². The third kappa shape index (κ3) is 5.08. The van der Waals surface area contributed by atoms with Crippen LogP contribution in [0.1, 0.15) is 31.1 Å². The molecule has 0 aliphatic heterocycles. The number of imide groups is 1. The second kappa shape index (κ2) is 11.4. The van der Waals surface area contributed by atoms with Crippen LogP contribution in [0.3, 0.4) is 0 Å². The Morgan fingerprint density at radius 2 is 1.00 bits per heavy atom. The molecule has 1 heterocycles. The van der Waals surface area contributed by atoms with Crippen molar-refractivity contribution in [3.8, 4) is 22.3 Å². The molecule has 0 saturated heterocycles. The zero-order valence-corrected chi connectivity index (χ0v) is 21.2. The molecule has 0 aliphatic carbocycles. The van der Waals surface area contributed by atoms with E-state index in [0.29, 0.717) is 11.1 Å². The fourth-order valence-electron chi connectivity index (χ4n) is 4.45. The molecule has 0 radical (unpaired) electrons. The minimum atomic E-state index is -0.712. The summed E-state index contributed by atoms with van der Waals surface area (Å²) in [6, 6.07) is 36.0. The van der Waals surface area contributed by atoms with Gasteiger partial charge in [-0.25, -0.2) is 14.7 Å². The van der Waals surface area contributed by atoms with E-state index in [0.717, 1.165) is 16.0 Å². The van der Waals surface area contributed by atoms with Crippen LogP contribution in [0.15, 0.2) is 128 Å². The van der Waals surface area contributed by atoms with Crippen molar-refractivity contribution in [3.63, 3.8) is 0 Å². The summed E-state index contributed by atoms with van der Waals surface area (Å²) in [5, 5.41) is 0. The molecular weight excluding hydrogens is 488 g/mol. The first-order valence-corrected chi connectivity index (χ1v) is 12.3. The Labute approximate surface area is 226 Å². The van der Waals surface area contributed by atoms with Gasteiger partial charge in [0.25, 0.3) is 11.8 Å². The summed E-state index contributed by atoms with van der Waals surface area (Å²) in [6.07, 6.45) is 1.43. The number of amides is 2. The van der Waals surface area contributed by atoms with Gasteiger partial charge in [0.05, 0.1) is 7.11 Å². The van der Waals surface area contributed by atoms with Gasteiger partial charge in [-0.3, -0.25) is 9.59 Å². The molecule has 0 saturated carbocycles. The average molecular weight is 513 g/mol. The topological polar surface area (TPSA) is 76.6 Å². The summed E-state index contributed by atoms with van der Waals surface area (Å²) < 4.78 is 4.96. The van der Waals surface area contributed by atoms with Gasteiger partial charge in [0.15, 0.2) is 5.82 Å². The predicted octanol–water partition coefficient (Wildman–Crippen LogP) is 6.69. The monoisotopic (exact) mass is 512 g/mol. The minimum absolute atomic E-state index is 0.00363. The first kappa shape index (κ1) is 25.3. The third-order valence-electron chi connectivity index (χ3n) is 6.29. The van der Waals surface area contributed by atoms with Crippen molar-refractivity contribution in [2.24, 2.45) is 0 Å². The molecule has 190 valence electrons.